The average molecular weight is 445 g/mol. The van der Waals surface area contributed by atoms with Gasteiger partial charge < -0.3 is 9.84 Å². The van der Waals surface area contributed by atoms with Crippen LogP contribution in [0.25, 0.3) is 0 Å². The van der Waals surface area contributed by atoms with Gasteiger partial charge in [-0.15, -0.1) is 0 Å². The molecule has 0 unspecified atom stereocenters. The number of methoxy groups -OCH3 is 1. The van der Waals surface area contributed by atoms with Gasteiger partial charge in [0.05, 0.1) is 11.2 Å². The summed E-state index contributed by atoms with van der Waals surface area (Å²) < 4.78 is 6.08. The number of ether oxygens (including phenoxy) is 1. The lowest BCUT2D eigenvalue weighted by molar-refractivity contribution is -0.0881. The molecule has 8 atom stereocenters. The smallest absolute Gasteiger partial charge is 0.0713 e. The SMILES string of the molecule is CC[C@]1(OC)CC[C@@]2(C)C(=CC[C@H]3[C@@H]4CC[C@H]([C@H](C)CCCC(C)(C)O)[C@@]4(C)CC[C@@H]32)C1. The Kier molecular flexibility index (Phi) is 6.74. The molecular weight excluding hydrogens is 392 g/mol. The van der Waals surface area contributed by atoms with Crippen LogP contribution in [0, 0.1) is 40.4 Å². The standard InChI is InChI=1S/C30H52O2/c1-8-30(32-7)19-18-28(5)22(20-30)11-12-23-25-14-13-24(29(25,6)17-15-26(23)28)21(2)10-9-16-27(3,4)31/h11,21,23-26,31H,8-10,12-20H2,1-7H3/t21-,23+,24-,25+,26+,28+,29-,30+/m1/s1. The third-order valence-corrected chi connectivity index (χ3v) is 11.5. The van der Waals surface area contributed by atoms with Crippen LogP contribution in [0.5, 0.6) is 0 Å². The van der Waals surface area contributed by atoms with Crippen molar-refractivity contribution in [3.63, 3.8) is 0 Å². The number of hydrogen-bond acceptors (Lipinski definition) is 2. The van der Waals surface area contributed by atoms with E-state index in [0.29, 0.717) is 10.8 Å². The fourth-order valence-corrected chi connectivity index (χ4v) is 9.35. The maximum absolute atomic E-state index is 10.1. The van der Waals surface area contributed by atoms with Crippen LogP contribution in [0.4, 0.5) is 0 Å². The Morgan fingerprint density at radius 1 is 1.12 bits per heavy atom. The lowest BCUT2D eigenvalue weighted by Gasteiger charge is -2.59. The molecule has 0 aromatic carbocycles. The summed E-state index contributed by atoms with van der Waals surface area (Å²) in [6, 6.07) is 0. The summed E-state index contributed by atoms with van der Waals surface area (Å²) in [5.41, 5.74) is 2.27. The van der Waals surface area contributed by atoms with E-state index < -0.39 is 5.60 Å². The van der Waals surface area contributed by atoms with E-state index in [1.165, 1.54) is 57.8 Å². The summed E-state index contributed by atoms with van der Waals surface area (Å²) in [4.78, 5) is 0. The topological polar surface area (TPSA) is 29.5 Å². The lowest BCUT2D eigenvalue weighted by Crippen LogP contribution is -2.52. The molecule has 0 bridgehead atoms. The van der Waals surface area contributed by atoms with E-state index in [2.05, 4.69) is 33.8 Å². The molecule has 0 aromatic rings. The highest BCUT2D eigenvalue weighted by Crippen LogP contribution is 2.68. The molecule has 0 radical (unpaired) electrons. The fraction of sp³-hybridized carbons (Fsp3) is 0.933. The van der Waals surface area contributed by atoms with Gasteiger partial charge in [-0.2, -0.15) is 0 Å². The molecular formula is C30H52O2. The number of hydrogen-bond donors (Lipinski definition) is 1. The minimum absolute atomic E-state index is 0.0956. The normalized spacial score (nSPS) is 44.9. The van der Waals surface area contributed by atoms with E-state index in [-0.39, 0.29) is 5.60 Å². The van der Waals surface area contributed by atoms with Gasteiger partial charge in [0.15, 0.2) is 0 Å². The van der Waals surface area contributed by atoms with Crippen LogP contribution >= 0.6 is 0 Å². The van der Waals surface area contributed by atoms with Gasteiger partial charge in [0.25, 0.3) is 0 Å². The second-order valence-corrected chi connectivity index (χ2v) is 13.6. The maximum atomic E-state index is 10.1. The maximum Gasteiger partial charge on any atom is 0.0713 e. The third-order valence-electron chi connectivity index (χ3n) is 11.5. The number of allylic oxidation sites excluding steroid dienone is 1. The highest BCUT2D eigenvalue weighted by atomic mass is 16.5. The molecule has 0 amide bonds. The third kappa shape index (κ3) is 4.15. The molecule has 4 rings (SSSR count). The van der Waals surface area contributed by atoms with E-state index in [9.17, 15) is 5.11 Å². The summed E-state index contributed by atoms with van der Waals surface area (Å²) in [6.45, 7) is 14.0. The predicted molar refractivity (Wildman–Crippen MR) is 135 cm³/mol. The van der Waals surface area contributed by atoms with Gasteiger partial charge in [-0.25, -0.2) is 0 Å². The van der Waals surface area contributed by atoms with Gasteiger partial charge in [-0.05, 0) is 118 Å². The largest absolute Gasteiger partial charge is 0.390 e. The van der Waals surface area contributed by atoms with Crippen LogP contribution in [0.2, 0.25) is 0 Å². The van der Waals surface area contributed by atoms with Gasteiger partial charge in [0, 0.05) is 7.11 Å². The molecule has 3 fully saturated rings. The van der Waals surface area contributed by atoms with Crippen molar-refractivity contribution < 1.29 is 9.84 Å². The first-order valence-electron chi connectivity index (χ1n) is 13.9. The second kappa shape index (κ2) is 8.71. The molecule has 0 saturated heterocycles. The Balaban J connectivity index is 1.48. The Morgan fingerprint density at radius 3 is 2.53 bits per heavy atom. The second-order valence-electron chi connectivity index (χ2n) is 13.6. The molecule has 0 aliphatic heterocycles. The van der Waals surface area contributed by atoms with Gasteiger partial charge in [-0.1, -0.05) is 52.2 Å². The van der Waals surface area contributed by atoms with Crippen LogP contribution in [0.1, 0.15) is 119 Å². The molecule has 0 heterocycles. The van der Waals surface area contributed by atoms with Gasteiger partial charge >= 0.3 is 0 Å². The monoisotopic (exact) mass is 444 g/mol. The van der Waals surface area contributed by atoms with Crippen LogP contribution < -0.4 is 0 Å². The fourth-order valence-electron chi connectivity index (χ4n) is 9.35. The van der Waals surface area contributed by atoms with Gasteiger partial charge in [0.1, 0.15) is 0 Å². The van der Waals surface area contributed by atoms with Crippen molar-refractivity contribution in [1.82, 2.24) is 0 Å². The average Bonchev–Trinajstić information content (AvgIpc) is 3.09. The number of rotatable bonds is 7. The molecule has 2 nitrogen and oxygen atoms in total. The van der Waals surface area contributed by atoms with Gasteiger partial charge in [0.2, 0.25) is 0 Å². The first kappa shape index (κ1) is 24.8. The van der Waals surface area contributed by atoms with Crippen molar-refractivity contribution >= 4 is 0 Å². The van der Waals surface area contributed by atoms with Crippen LogP contribution in [-0.2, 0) is 4.74 Å². The zero-order chi connectivity index (χ0) is 23.4. The zero-order valence-electron chi connectivity index (χ0n) is 22.3. The highest BCUT2D eigenvalue weighted by molar-refractivity contribution is 5.27. The quantitative estimate of drug-likeness (QED) is 0.404. The van der Waals surface area contributed by atoms with Gasteiger partial charge in [-0.3, -0.25) is 0 Å². The first-order chi connectivity index (χ1) is 15.0. The summed E-state index contributed by atoms with van der Waals surface area (Å²) in [6.07, 6.45) is 18.0. The molecule has 1 N–H and O–H groups in total. The van der Waals surface area contributed by atoms with E-state index in [1.807, 2.05) is 21.0 Å². The summed E-state index contributed by atoms with van der Waals surface area (Å²) in [5, 5.41) is 10.1. The molecule has 184 valence electrons. The predicted octanol–water partition coefficient (Wildman–Crippen LogP) is 7.94. The minimum atomic E-state index is -0.514. The summed E-state index contributed by atoms with van der Waals surface area (Å²) in [7, 11) is 1.94. The lowest BCUT2D eigenvalue weighted by atomic mass is 9.46. The van der Waals surface area contributed by atoms with Crippen molar-refractivity contribution in [2.45, 2.75) is 130 Å². The Bertz CT molecular complexity index is 698. The Hall–Kier alpha value is -0.340. The molecule has 2 heteroatoms. The summed E-state index contributed by atoms with van der Waals surface area (Å²) in [5.74, 6) is 4.36. The molecule has 0 aromatic heterocycles. The Morgan fingerprint density at radius 2 is 1.88 bits per heavy atom. The van der Waals surface area contributed by atoms with Crippen LogP contribution in [-0.4, -0.2) is 23.4 Å². The minimum Gasteiger partial charge on any atom is -0.390 e. The molecule has 4 aliphatic rings. The van der Waals surface area contributed by atoms with Crippen molar-refractivity contribution in [3.8, 4) is 0 Å². The van der Waals surface area contributed by atoms with Crippen molar-refractivity contribution in [2.24, 2.45) is 40.4 Å². The van der Waals surface area contributed by atoms with Crippen molar-refractivity contribution in [1.29, 1.82) is 0 Å². The molecule has 0 spiro atoms. The van der Waals surface area contributed by atoms with E-state index >= 15 is 0 Å². The van der Waals surface area contributed by atoms with E-state index in [4.69, 9.17) is 4.74 Å². The van der Waals surface area contributed by atoms with Crippen molar-refractivity contribution in [2.75, 3.05) is 7.11 Å². The van der Waals surface area contributed by atoms with Crippen molar-refractivity contribution in [3.05, 3.63) is 11.6 Å². The molecule has 3 saturated carbocycles. The summed E-state index contributed by atoms with van der Waals surface area (Å²) >= 11 is 0. The number of fused-ring (bicyclic) bond motifs is 5. The van der Waals surface area contributed by atoms with Crippen LogP contribution in [0.3, 0.4) is 0 Å². The highest BCUT2D eigenvalue weighted by Gasteiger charge is 2.59. The first-order valence-corrected chi connectivity index (χ1v) is 13.9. The van der Waals surface area contributed by atoms with E-state index in [1.54, 1.807) is 5.57 Å². The molecule has 32 heavy (non-hydrogen) atoms. The number of aliphatic hydroxyl groups is 1. The van der Waals surface area contributed by atoms with Crippen LogP contribution in [0.15, 0.2) is 11.6 Å². The zero-order valence-corrected chi connectivity index (χ0v) is 22.3. The molecule has 4 aliphatic carbocycles. The Labute approximate surface area is 199 Å². The van der Waals surface area contributed by atoms with E-state index in [0.717, 1.165) is 48.9 Å².